The number of ether oxygens (including phenoxy) is 4. The van der Waals surface area contributed by atoms with Crippen LogP contribution >= 0.6 is 0 Å². The van der Waals surface area contributed by atoms with E-state index in [1.54, 1.807) is 46.0 Å². The van der Waals surface area contributed by atoms with E-state index in [4.69, 9.17) is 18.9 Å². The van der Waals surface area contributed by atoms with Crippen LogP contribution in [0.4, 0.5) is 0 Å². The number of pyridine rings is 1. The van der Waals surface area contributed by atoms with Gasteiger partial charge in [0.15, 0.2) is 12.1 Å². The fourth-order valence-corrected chi connectivity index (χ4v) is 4.75. The first-order valence-corrected chi connectivity index (χ1v) is 12.9. The fraction of sp³-hybridized carbons (Fsp3) is 0.500. The lowest BCUT2D eigenvalue weighted by molar-refractivity contribution is -0.223. The van der Waals surface area contributed by atoms with Crippen molar-refractivity contribution in [2.45, 2.75) is 83.2 Å². The van der Waals surface area contributed by atoms with Crippen molar-refractivity contribution < 1.29 is 38.4 Å². The van der Waals surface area contributed by atoms with Crippen molar-refractivity contribution in [2.75, 3.05) is 0 Å². The molecule has 1 aromatic heterocycles. The van der Waals surface area contributed by atoms with Crippen LogP contribution in [0.3, 0.4) is 0 Å². The summed E-state index contributed by atoms with van der Waals surface area (Å²) in [4.78, 5) is 42.0. The third-order valence-electron chi connectivity index (χ3n) is 6.59. The van der Waals surface area contributed by atoms with Crippen molar-refractivity contribution in [1.82, 2.24) is 15.6 Å². The summed E-state index contributed by atoms with van der Waals surface area (Å²) in [6.07, 6.45) is -0.545. The molecular weight excluding hydrogens is 506 g/mol. The van der Waals surface area contributed by atoms with E-state index >= 15 is 0 Å². The van der Waals surface area contributed by atoms with Gasteiger partial charge in [-0.2, -0.15) is 0 Å². The van der Waals surface area contributed by atoms with Crippen LogP contribution in [0.1, 0.15) is 50.0 Å². The van der Waals surface area contributed by atoms with E-state index in [0.717, 1.165) is 5.56 Å². The van der Waals surface area contributed by atoms with Crippen LogP contribution in [-0.2, 0) is 35.1 Å². The van der Waals surface area contributed by atoms with Crippen molar-refractivity contribution in [3.8, 4) is 0 Å². The Morgan fingerprint density at radius 3 is 2.46 bits per heavy atom. The summed E-state index contributed by atoms with van der Waals surface area (Å²) in [7, 11) is 0. The highest BCUT2D eigenvalue weighted by Gasteiger charge is 2.57. The third kappa shape index (κ3) is 7.18. The highest BCUT2D eigenvalue weighted by atomic mass is 16.8. The summed E-state index contributed by atoms with van der Waals surface area (Å²) >= 11 is 0. The Kier molecular flexibility index (Phi) is 8.96. The molecule has 0 spiro atoms. The molecule has 2 saturated heterocycles. The van der Waals surface area contributed by atoms with E-state index in [0.29, 0.717) is 5.56 Å². The van der Waals surface area contributed by atoms with Gasteiger partial charge >= 0.3 is 5.97 Å². The number of hydrogen-bond donors (Lipinski definition) is 3. The molecule has 2 aliphatic heterocycles. The second kappa shape index (κ2) is 12.2. The summed E-state index contributed by atoms with van der Waals surface area (Å²) in [5.74, 6) is -3.35. The van der Waals surface area contributed by atoms with Gasteiger partial charge in [0.1, 0.15) is 24.4 Å². The molecular formula is C28H35N3O8. The van der Waals surface area contributed by atoms with Crippen LogP contribution in [0.2, 0.25) is 0 Å². The number of nitrogens with zero attached hydrogens (tertiary/aromatic N) is 1. The number of carboxylic acid groups (broad SMARTS) is 1. The Morgan fingerprint density at radius 1 is 1.08 bits per heavy atom. The van der Waals surface area contributed by atoms with Crippen molar-refractivity contribution in [3.63, 3.8) is 0 Å². The minimum Gasteiger partial charge on any atom is -0.481 e. The minimum absolute atomic E-state index is 0.224. The first kappa shape index (κ1) is 28.6. The molecule has 2 aliphatic rings. The van der Waals surface area contributed by atoms with Crippen LogP contribution < -0.4 is 10.6 Å². The Morgan fingerprint density at radius 2 is 1.82 bits per heavy atom. The van der Waals surface area contributed by atoms with Crippen molar-refractivity contribution in [1.29, 1.82) is 0 Å². The smallest absolute Gasteiger partial charge is 0.305 e. The first-order valence-electron chi connectivity index (χ1n) is 12.9. The van der Waals surface area contributed by atoms with Gasteiger partial charge in [0, 0.05) is 12.4 Å². The molecule has 2 amide bonds. The van der Waals surface area contributed by atoms with Crippen LogP contribution in [0.25, 0.3) is 0 Å². The molecule has 6 atom stereocenters. The number of fused-ring (bicyclic) bond motifs is 1. The Balaban J connectivity index is 1.53. The molecule has 4 rings (SSSR count). The monoisotopic (exact) mass is 541 g/mol. The zero-order chi connectivity index (χ0) is 28.2. The molecule has 2 aromatic rings. The first-order chi connectivity index (χ1) is 18.5. The maximum Gasteiger partial charge on any atom is 0.305 e. The molecule has 1 aromatic carbocycles. The number of nitrogens with one attached hydrogen (secondary N) is 2. The SMILES string of the molecule is CC(C)[C@H](NC(=O)c1cccnc1)C(=O)N[C@H](CC(=O)O)[C@H]1O[C@@H]2OC(C)(C)O[C@@H]2[C@H]1OCc1ccccc1. The van der Waals surface area contributed by atoms with Crippen LogP contribution in [-0.4, -0.2) is 70.3 Å². The summed E-state index contributed by atoms with van der Waals surface area (Å²) in [5, 5.41) is 15.2. The van der Waals surface area contributed by atoms with Crippen molar-refractivity contribution in [2.24, 2.45) is 5.92 Å². The second-order valence-electron chi connectivity index (χ2n) is 10.5. The third-order valence-corrected chi connectivity index (χ3v) is 6.59. The summed E-state index contributed by atoms with van der Waals surface area (Å²) in [6, 6.07) is 10.8. The Hall–Kier alpha value is -3.38. The van der Waals surface area contributed by atoms with E-state index < -0.39 is 66.7 Å². The molecule has 3 N–H and O–H groups in total. The molecule has 2 fully saturated rings. The van der Waals surface area contributed by atoms with E-state index in [1.807, 2.05) is 30.3 Å². The molecule has 0 aliphatic carbocycles. The topological polar surface area (TPSA) is 145 Å². The Bertz CT molecular complexity index is 1140. The number of hydrogen-bond acceptors (Lipinski definition) is 8. The number of aromatic nitrogens is 1. The van der Waals surface area contributed by atoms with E-state index in [9.17, 15) is 19.5 Å². The predicted octanol–water partition coefficient (Wildman–Crippen LogP) is 2.26. The number of carbonyl (C=O) groups excluding carboxylic acids is 2. The van der Waals surface area contributed by atoms with Gasteiger partial charge in [-0.1, -0.05) is 44.2 Å². The average molecular weight is 542 g/mol. The second-order valence-corrected chi connectivity index (χ2v) is 10.5. The maximum atomic E-state index is 13.4. The number of benzene rings is 1. The summed E-state index contributed by atoms with van der Waals surface area (Å²) in [6.45, 7) is 7.30. The van der Waals surface area contributed by atoms with Gasteiger partial charge < -0.3 is 34.7 Å². The van der Waals surface area contributed by atoms with Crippen molar-refractivity contribution in [3.05, 3.63) is 66.0 Å². The number of carboxylic acids is 1. The number of carbonyl (C=O) groups is 3. The number of rotatable bonds is 11. The Labute approximate surface area is 227 Å². The maximum absolute atomic E-state index is 13.4. The van der Waals surface area contributed by atoms with Gasteiger partial charge in [0.25, 0.3) is 5.91 Å². The highest BCUT2D eigenvalue weighted by molar-refractivity contribution is 5.97. The molecule has 11 heteroatoms. The van der Waals surface area contributed by atoms with Crippen LogP contribution in [0, 0.1) is 5.92 Å². The molecule has 0 saturated carbocycles. The van der Waals surface area contributed by atoms with Gasteiger partial charge in [-0.05, 0) is 37.5 Å². The van der Waals surface area contributed by atoms with Gasteiger partial charge in [0.2, 0.25) is 5.91 Å². The summed E-state index contributed by atoms with van der Waals surface area (Å²) < 4.78 is 24.3. The molecule has 3 heterocycles. The quantitative estimate of drug-likeness (QED) is 0.390. The van der Waals surface area contributed by atoms with Crippen LogP contribution in [0.15, 0.2) is 54.9 Å². The predicted molar refractivity (Wildman–Crippen MR) is 138 cm³/mol. The fourth-order valence-electron chi connectivity index (χ4n) is 4.75. The van der Waals surface area contributed by atoms with Crippen molar-refractivity contribution >= 4 is 17.8 Å². The highest BCUT2D eigenvalue weighted by Crippen LogP contribution is 2.40. The van der Waals surface area contributed by atoms with Gasteiger partial charge in [-0.25, -0.2) is 0 Å². The minimum atomic E-state index is -1.13. The summed E-state index contributed by atoms with van der Waals surface area (Å²) in [5.41, 5.74) is 1.21. The standard InChI is InChI=1S/C28H35N3O8/c1-16(2)21(31-25(34)18-11-8-12-29-14-18)26(35)30-19(13-20(32)33)22-23(36-15-17-9-6-5-7-10-17)24-27(37-22)39-28(3,4)38-24/h5-12,14,16,19,21-24,27H,13,15H2,1-4H3,(H,30,35)(H,31,34)(H,32,33)/t19-,21+,22-,23+,24-,27-/m1/s1. The van der Waals surface area contributed by atoms with E-state index in [1.165, 1.54) is 6.20 Å². The lowest BCUT2D eigenvalue weighted by Gasteiger charge is -2.32. The molecule has 39 heavy (non-hydrogen) atoms. The van der Waals surface area contributed by atoms with E-state index in [2.05, 4.69) is 15.6 Å². The normalized spacial score (nSPS) is 25.1. The average Bonchev–Trinajstić information content (AvgIpc) is 3.37. The van der Waals surface area contributed by atoms with Gasteiger partial charge in [-0.3, -0.25) is 19.4 Å². The molecule has 0 radical (unpaired) electrons. The lowest BCUT2D eigenvalue weighted by atomic mass is 9.98. The van der Waals surface area contributed by atoms with Gasteiger partial charge in [-0.15, -0.1) is 0 Å². The molecule has 0 bridgehead atoms. The lowest BCUT2D eigenvalue weighted by Crippen LogP contribution is -2.57. The zero-order valence-electron chi connectivity index (χ0n) is 22.4. The molecule has 11 nitrogen and oxygen atoms in total. The van der Waals surface area contributed by atoms with Gasteiger partial charge in [0.05, 0.1) is 24.6 Å². The number of aliphatic carboxylic acids is 1. The van der Waals surface area contributed by atoms with Crippen LogP contribution in [0.5, 0.6) is 0 Å². The number of amides is 2. The molecule has 0 unspecified atom stereocenters. The zero-order valence-corrected chi connectivity index (χ0v) is 22.4. The largest absolute Gasteiger partial charge is 0.481 e. The van der Waals surface area contributed by atoms with E-state index in [-0.39, 0.29) is 12.5 Å². The molecule has 210 valence electrons.